The van der Waals surface area contributed by atoms with Crippen LogP contribution in [0.1, 0.15) is 17.3 Å². The fourth-order valence-electron chi connectivity index (χ4n) is 1.67. The number of hydrogen-bond donors (Lipinski definition) is 2. The highest BCUT2D eigenvalue weighted by molar-refractivity contribution is 6.33. The van der Waals surface area contributed by atoms with Gasteiger partial charge in [0.1, 0.15) is 17.2 Å². The van der Waals surface area contributed by atoms with Gasteiger partial charge in [-0.2, -0.15) is 0 Å². The molecule has 104 valence electrons. The lowest BCUT2D eigenvalue weighted by atomic mass is 10.2. The number of hydrogen-bond acceptors (Lipinski definition) is 4. The number of halogens is 2. The van der Waals surface area contributed by atoms with Crippen LogP contribution in [0.25, 0.3) is 11.4 Å². The summed E-state index contributed by atoms with van der Waals surface area (Å²) in [6, 6.07) is 4.22. The smallest absolute Gasteiger partial charge is 0.341 e. The fourth-order valence-corrected chi connectivity index (χ4v) is 1.92. The van der Waals surface area contributed by atoms with Crippen LogP contribution in [0.4, 0.5) is 10.2 Å². The summed E-state index contributed by atoms with van der Waals surface area (Å²) in [6.07, 6.45) is 1.13. The number of aromatic nitrogens is 2. The summed E-state index contributed by atoms with van der Waals surface area (Å²) in [7, 11) is 0. The van der Waals surface area contributed by atoms with E-state index in [-0.39, 0.29) is 27.8 Å². The van der Waals surface area contributed by atoms with Crippen molar-refractivity contribution in [2.24, 2.45) is 0 Å². The molecule has 5 nitrogen and oxygen atoms in total. The maximum atomic E-state index is 13.8. The van der Waals surface area contributed by atoms with Crippen LogP contribution in [0.5, 0.6) is 0 Å². The molecule has 0 bridgehead atoms. The lowest BCUT2D eigenvalue weighted by molar-refractivity contribution is 0.0697. The van der Waals surface area contributed by atoms with Gasteiger partial charge in [-0.1, -0.05) is 17.7 Å². The molecule has 0 saturated heterocycles. The lowest BCUT2D eigenvalue weighted by Gasteiger charge is -2.09. The normalized spacial score (nSPS) is 10.3. The number of rotatable bonds is 4. The van der Waals surface area contributed by atoms with E-state index in [1.165, 1.54) is 18.2 Å². The maximum absolute atomic E-state index is 13.8. The number of nitrogens with zero attached hydrogens (tertiary/aromatic N) is 2. The average Bonchev–Trinajstić information content (AvgIpc) is 2.39. The van der Waals surface area contributed by atoms with E-state index in [2.05, 4.69) is 15.3 Å². The third-order valence-electron chi connectivity index (χ3n) is 2.55. The van der Waals surface area contributed by atoms with Crippen molar-refractivity contribution in [1.29, 1.82) is 0 Å². The van der Waals surface area contributed by atoms with E-state index in [1.807, 2.05) is 0 Å². The minimum absolute atomic E-state index is 0.0362. The molecule has 2 N–H and O–H groups in total. The molecular formula is C13H11ClFN3O2. The van der Waals surface area contributed by atoms with Crippen molar-refractivity contribution >= 4 is 23.4 Å². The van der Waals surface area contributed by atoms with Crippen molar-refractivity contribution in [3.05, 3.63) is 40.8 Å². The number of nitrogens with one attached hydrogen (secondary N) is 1. The zero-order valence-electron chi connectivity index (χ0n) is 10.5. The average molecular weight is 296 g/mol. The Balaban J connectivity index is 2.59. The quantitative estimate of drug-likeness (QED) is 0.906. The number of carbonyl (C=O) groups is 1. The lowest BCUT2D eigenvalue weighted by Crippen LogP contribution is -2.10. The van der Waals surface area contributed by atoms with Crippen LogP contribution in [-0.4, -0.2) is 27.6 Å². The van der Waals surface area contributed by atoms with Gasteiger partial charge in [0.05, 0.1) is 10.6 Å². The Kier molecular flexibility index (Phi) is 4.14. The third kappa shape index (κ3) is 2.70. The Hall–Kier alpha value is -2.21. The van der Waals surface area contributed by atoms with E-state index >= 15 is 0 Å². The van der Waals surface area contributed by atoms with E-state index in [4.69, 9.17) is 16.7 Å². The van der Waals surface area contributed by atoms with Gasteiger partial charge in [-0.05, 0) is 19.1 Å². The first-order chi connectivity index (χ1) is 9.54. The molecule has 0 aliphatic carbocycles. The Morgan fingerprint density at radius 2 is 2.25 bits per heavy atom. The molecule has 0 fully saturated rings. The summed E-state index contributed by atoms with van der Waals surface area (Å²) < 4.78 is 13.8. The molecule has 0 unspecified atom stereocenters. The summed E-state index contributed by atoms with van der Waals surface area (Å²) in [5, 5.41) is 12.0. The summed E-state index contributed by atoms with van der Waals surface area (Å²) in [5.41, 5.74) is -0.0340. The Morgan fingerprint density at radius 1 is 1.50 bits per heavy atom. The van der Waals surface area contributed by atoms with Crippen molar-refractivity contribution in [2.45, 2.75) is 6.92 Å². The second-order valence-corrected chi connectivity index (χ2v) is 4.30. The van der Waals surface area contributed by atoms with Gasteiger partial charge >= 0.3 is 5.97 Å². The second-order valence-electron chi connectivity index (χ2n) is 3.89. The van der Waals surface area contributed by atoms with E-state index in [1.54, 1.807) is 6.92 Å². The zero-order valence-corrected chi connectivity index (χ0v) is 11.3. The molecule has 0 aliphatic heterocycles. The maximum Gasteiger partial charge on any atom is 0.341 e. The zero-order chi connectivity index (χ0) is 14.7. The number of carboxylic acid groups (broad SMARTS) is 1. The molecule has 0 saturated carbocycles. The van der Waals surface area contributed by atoms with Gasteiger partial charge in [0.15, 0.2) is 5.82 Å². The van der Waals surface area contributed by atoms with Gasteiger partial charge < -0.3 is 10.4 Å². The molecule has 0 atom stereocenters. The first-order valence-electron chi connectivity index (χ1n) is 5.83. The summed E-state index contributed by atoms with van der Waals surface area (Å²) in [6.45, 7) is 2.27. The topological polar surface area (TPSA) is 75.1 Å². The molecule has 0 aliphatic rings. The predicted octanol–water partition coefficient (Wildman–Crippen LogP) is 3.07. The number of anilines is 1. The monoisotopic (exact) mass is 295 g/mol. The largest absolute Gasteiger partial charge is 0.477 e. The molecule has 7 heteroatoms. The van der Waals surface area contributed by atoms with Gasteiger partial charge in [0.2, 0.25) is 0 Å². The predicted molar refractivity (Wildman–Crippen MR) is 73.6 cm³/mol. The molecule has 0 amide bonds. The number of benzene rings is 1. The molecule has 1 aromatic carbocycles. The summed E-state index contributed by atoms with van der Waals surface area (Å²) >= 11 is 5.94. The fraction of sp³-hybridized carbons (Fsp3) is 0.154. The highest BCUT2D eigenvalue weighted by Gasteiger charge is 2.17. The Labute approximate surface area is 119 Å². The molecule has 0 radical (unpaired) electrons. The van der Waals surface area contributed by atoms with Crippen molar-refractivity contribution < 1.29 is 14.3 Å². The highest BCUT2D eigenvalue weighted by Crippen LogP contribution is 2.29. The molecule has 0 spiro atoms. The SMILES string of the molecule is CCNc1nc(-c2c(F)cccc2Cl)ncc1C(=O)O. The molecule has 1 aromatic heterocycles. The van der Waals surface area contributed by atoms with E-state index in [0.717, 1.165) is 6.20 Å². The van der Waals surface area contributed by atoms with Gasteiger partial charge in [0.25, 0.3) is 0 Å². The Bertz CT molecular complexity index is 644. The van der Waals surface area contributed by atoms with Crippen molar-refractivity contribution in [3.63, 3.8) is 0 Å². The Morgan fingerprint density at radius 3 is 2.85 bits per heavy atom. The third-order valence-corrected chi connectivity index (χ3v) is 2.86. The first kappa shape index (κ1) is 14.2. The summed E-state index contributed by atoms with van der Waals surface area (Å²) in [4.78, 5) is 19.0. The molecule has 20 heavy (non-hydrogen) atoms. The molecule has 2 aromatic rings. The van der Waals surface area contributed by atoms with Gasteiger partial charge in [-0.3, -0.25) is 0 Å². The van der Waals surface area contributed by atoms with Crippen LogP contribution in [0.3, 0.4) is 0 Å². The van der Waals surface area contributed by atoms with Crippen LogP contribution in [0, 0.1) is 5.82 Å². The molecular weight excluding hydrogens is 285 g/mol. The van der Waals surface area contributed by atoms with Crippen molar-refractivity contribution in [2.75, 3.05) is 11.9 Å². The van der Waals surface area contributed by atoms with E-state index < -0.39 is 11.8 Å². The number of aromatic carboxylic acids is 1. The van der Waals surface area contributed by atoms with Crippen LogP contribution < -0.4 is 5.32 Å². The van der Waals surface area contributed by atoms with E-state index in [0.29, 0.717) is 6.54 Å². The van der Waals surface area contributed by atoms with Crippen molar-refractivity contribution in [1.82, 2.24) is 9.97 Å². The standard InChI is InChI=1S/C13H11ClFN3O2/c1-2-16-11-7(13(19)20)6-17-12(18-11)10-8(14)4-3-5-9(10)15/h3-6H,2H2,1H3,(H,19,20)(H,16,17,18). The van der Waals surface area contributed by atoms with E-state index in [9.17, 15) is 9.18 Å². The summed E-state index contributed by atoms with van der Waals surface area (Å²) in [5.74, 6) is -1.56. The number of carboxylic acids is 1. The minimum atomic E-state index is -1.16. The van der Waals surface area contributed by atoms with Crippen LogP contribution in [0.2, 0.25) is 5.02 Å². The second kappa shape index (κ2) is 5.83. The highest BCUT2D eigenvalue weighted by atomic mass is 35.5. The van der Waals surface area contributed by atoms with Crippen molar-refractivity contribution in [3.8, 4) is 11.4 Å². The van der Waals surface area contributed by atoms with Gasteiger partial charge in [-0.25, -0.2) is 19.2 Å². The molecule has 2 rings (SSSR count). The van der Waals surface area contributed by atoms with Crippen LogP contribution >= 0.6 is 11.6 Å². The van der Waals surface area contributed by atoms with Gasteiger partial charge in [-0.15, -0.1) is 0 Å². The van der Waals surface area contributed by atoms with Crippen LogP contribution in [0.15, 0.2) is 24.4 Å². The minimum Gasteiger partial charge on any atom is -0.477 e. The molecule has 1 heterocycles. The first-order valence-corrected chi connectivity index (χ1v) is 6.21. The van der Waals surface area contributed by atoms with Crippen LogP contribution in [-0.2, 0) is 0 Å². The van der Waals surface area contributed by atoms with Gasteiger partial charge in [0, 0.05) is 12.7 Å².